The van der Waals surface area contributed by atoms with Crippen molar-refractivity contribution in [1.82, 2.24) is 5.32 Å². The summed E-state index contributed by atoms with van der Waals surface area (Å²) in [5.74, 6) is 0. The molecule has 3 heteroatoms. The molecule has 0 aliphatic carbocycles. The largest absolute Gasteiger partial charge is 0.395 e. The Labute approximate surface area is 115 Å². The Balaban J connectivity index is 2.37. The normalized spacial score (nSPS) is 23.6. The predicted octanol–water partition coefficient (Wildman–Crippen LogP) is 2.04. The second-order valence-electron chi connectivity index (χ2n) is 5.87. The highest BCUT2D eigenvalue weighted by Gasteiger charge is 2.24. The van der Waals surface area contributed by atoms with Crippen LogP contribution in [0.5, 0.6) is 0 Å². The highest BCUT2D eigenvalue weighted by Crippen LogP contribution is 2.28. The third-order valence-corrected chi connectivity index (χ3v) is 3.54. The van der Waals surface area contributed by atoms with Crippen molar-refractivity contribution in [3.8, 4) is 0 Å². The summed E-state index contributed by atoms with van der Waals surface area (Å²) in [6.45, 7) is 5.79. The molecule has 0 radical (unpaired) electrons. The van der Waals surface area contributed by atoms with Crippen LogP contribution in [-0.2, 0) is 6.42 Å². The fraction of sp³-hybridized carbons (Fsp3) is 0.500. The second-order valence-corrected chi connectivity index (χ2v) is 5.87. The maximum atomic E-state index is 9.79. The molecular formula is C16H23NO2. The molecule has 0 aromatic heterocycles. The van der Waals surface area contributed by atoms with Gasteiger partial charge in [-0.25, -0.2) is 0 Å². The molecule has 0 unspecified atom stereocenters. The highest BCUT2D eigenvalue weighted by molar-refractivity contribution is 5.58. The summed E-state index contributed by atoms with van der Waals surface area (Å²) in [6, 6.07) is 6.59. The van der Waals surface area contributed by atoms with Crippen LogP contribution in [0, 0.1) is 0 Å². The van der Waals surface area contributed by atoms with Crippen molar-refractivity contribution in [2.24, 2.45) is 0 Å². The van der Waals surface area contributed by atoms with E-state index in [0.717, 1.165) is 12.0 Å². The maximum Gasteiger partial charge on any atom is 0.0774 e. The molecule has 2 atom stereocenters. The SMILES string of the molecule is C[C@@H]1N[C@@H](CO)Cc2c(C=CC(C)(C)O)cccc21. The van der Waals surface area contributed by atoms with Crippen molar-refractivity contribution in [2.45, 2.75) is 44.9 Å². The lowest BCUT2D eigenvalue weighted by atomic mass is 9.87. The van der Waals surface area contributed by atoms with Gasteiger partial charge in [-0.05, 0) is 43.9 Å². The van der Waals surface area contributed by atoms with Gasteiger partial charge in [0.1, 0.15) is 0 Å². The third-order valence-electron chi connectivity index (χ3n) is 3.54. The standard InChI is InChI=1S/C16H23NO2/c1-11-14-6-4-5-12(7-8-16(2,3)19)15(14)9-13(10-18)17-11/h4-8,11,13,17-19H,9-10H2,1-3H3/t11-,13+/m0/s1. The smallest absolute Gasteiger partial charge is 0.0774 e. The first-order chi connectivity index (χ1) is 8.90. The Morgan fingerprint density at radius 3 is 2.79 bits per heavy atom. The second kappa shape index (κ2) is 5.45. The van der Waals surface area contributed by atoms with Crippen molar-refractivity contribution < 1.29 is 10.2 Å². The van der Waals surface area contributed by atoms with Gasteiger partial charge in [-0.1, -0.05) is 30.4 Å². The van der Waals surface area contributed by atoms with E-state index in [-0.39, 0.29) is 18.7 Å². The topological polar surface area (TPSA) is 52.5 Å². The van der Waals surface area contributed by atoms with Gasteiger partial charge in [0.15, 0.2) is 0 Å². The van der Waals surface area contributed by atoms with Crippen molar-refractivity contribution in [3.05, 3.63) is 41.0 Å². The van der Waals surface area contributed by atoms with E-state index in [4.69, 9.17) is 0 Å². The Hall–Kier alpha value is -1.16. The summed E-state index contributed by atoms with van der Waals surface area (Å²) in [5.41, 5.74) is 2.87. The first-order valence-electron chi connectivity index (χ1n) is 6.81. The number of aliphatic hydroxyl groups excluding tert-OH is 1. The van der Waals surface area contributed by atoms with Crippen LogP contribution in [0.15, 0.2) is 24.3 Å². The zero-order valence-corrected chi connectivity index (χ0v) is 11.9. The third kappa shape index (κ3) is 3.44. The number of aliphatic hydroxyl groups is 2. The molecule has 3 N–H and O–H groups in total. The fourth-order valence-corrected chi connectivity index (χ4v) is 2.58. The van der Waals surface area contributed by atoms with Crippen LogP contribution in [0.3, 0.4) is 0 Å². The van der Waals surface area contributed by atoms with E-state index in [2.05, 4.69) is 24.4 Å². The van der Waals surface area contributed by atoms with Gasteiger partial charge in [-0.2, -0.15) is 0 Å². The number of rotatable bonds is 3. The molecule has 1 aromatic carbocycles. The lowest BCUT2D eigenvalue weighted by Gasteiger charge is -2.31. The summed E-state index contributed by atoms with van der Waals surface area (Å²) in [6.07, 6.45) is 4.61. The van der Waals surface area contributed by atoms with Crippen molar-refractivity contribution in [3.63, 3.8) is 0 Å². The van der Waals surface area contributed by atoms with Crippen LogP contribution in [0.4, 0.5) is 0 Å². The molecule has 0 amide bonds. The predicted molar refractivity (Wildman–Crippen MR) is 77.9 cm³/mol. The van der Waals surface area contributed by atoms with Gasteiger partial charge in [-0.3, -0.25) is 0 Å². The lowest BCUT2D eigenvalue weighted by Crippen LogP contribution is -2.41. The summed E-state index contributed by atoms with van der Waals surface area (Å²) in [4.78, 5) is 0. The average molecular weight is 261 g/mol. The van der Waals surface area contributed by atoms with Crippen LogP contribution < -0.4 is 5.32 Å². The van der Waals surface area contributed by atoms with Gasteiger partial charge >= 0.3 is 0 Å². The molecule has 1 aromatic rings. The molecule has 1 aliphatic heterocycles. The Morgan fingerprint density at radius 2 is 2.16 bits per heavy atom. The van der Waals surface area contributed by atoms with Gasteiger partial charge in [0.25, 0.3) is 0 Å². The first kappa shape index (κ1) is 14.3. The van der Waals surface area contributed by atoms with E-state index < -0.39 is 5.60 Å². The average Bonchev–Trinajstić information content (AvgIpc) is 2.35. The number of benzene rings is 1. The monoisotopic (exact) mass is 261 g/mol. The molecule has 0 spiro atoms. The van der Waals surface area contributed by atoms with E-state index in [0.29, 0.717) is 0 Å². The maximum absolute atomic E-state index is 9.79. The van der Waals surface area contributed by atoms with E-state index in [9.17, 15) is 10.2 Å². The summed E-state index contributed by atoms with van der Waals surface area (Å²) >= 11 is 0. The summed E-state index contributed by atoms with van der Waals surface area (Å²) in [5, 5.41) is 22.6. The Bertz CT molecular complexity index is 474. The molecule has 104 valence electrons. The van der Waals surface area contributed by atoms with Gasteiger partial charge < -0.3 is 15.5 Å². The molecule has 0 bridgehead atoms. The quantitative estimate of drug-likeness (QED) is 0.780. The highest BCUT2D eigenvalue weighted by atomic mass is 16.3. The minimum absolute atomic E-state index is 0.110. The van der Waals surface area contributed by atoms with E-state index in [1.54, 1.807) is 13.8 Å². The molecule has 1 aliphatic rings. The van der Waals surface area contributed by atoms with Crippen molar-refractivity contribution in [1.29, 1.82) is 0 Å². The zero-order chi connectivity index (χ0) is 14.0. The molecule has 0 saturated heterocycles. The first-order valence-corrected chi connectivity index (χ1v) is 6.81. The lowest BCUT2D eigenvalue weighted by molar-refractivity contribution is 0.134. The minimum Gasteiger partial charge on any atom is -0.395 e. The van der Waals surface area contributed by atoms with Crippen molar-refractivity contribution in [2.75, 3.05) is 6.61 Å². The fourth-order valence-electron chi connectivity index (χ4n) is 2.58. The van der Waals surface area contributed by atoms with E-state index in [1.807, 2.05) is 18.2 Å². The van der Waals surface area contributed by atoms with Gasteiger partial charge in [-0.15, -0.1) is 0 Å². The summed E-state index contributed by atoms with van der Waals surface area (Å²) in [7, 11) is 0. The van der Waals surface area contributed by atoms with Gasteiger partial charge in [0, 0.05) is 12.1 Å². The van der Waals surface area contributed by atoms with Crippen LogP contribution in [0.2, 0.25) is 0 Å². The van der Waals surface area contributed by atoms with Crippen LogP contribution >= 0.6 is 0 Å². The summed E-state index contributed by atoms with van der Waals surface area (Å²) < 4.78 is 0. The number of fused-ring (bicyclic) bond motifs is 1. The minimum atomic E-state index is -0.808. The number of hydrogen-bond donors (Lipinski definition) is 3. The Morgan fingerprint density at radius 1 is 1.42 bits per heavy atom. The van der Waals surface area contributed by atoms with Gasteiger partial charge in [0.05, 0.1) is 12.2 Å². The molecule has 19 heavy (non-hydrogen) atoms. The Kier molecular flexibility index (Phi) is 4.09. The molecular weight excluding hydrogens is 238 g/mol. The molecule has 0 fully saturated rings. The van der Waals surface area contributed by atoms with E-state index >= 15 is 0 Å². The zero-order valence-electron chi connectivity index (χ0n) is 11.9. The molecule has 3 nitrogen and oxygen atoms in total. The molecule has 2 rings (SSSR count). The number of hydrogen-bond acceptors (Lipinski definition) is 3. The van der Waals surface area contributed by atoms with Crippen LogP contribution in [0.1, 0.15) is 43.5 Å². The van der Waals surface area contributed by atoms with Crippen LogP contribution in [-0.4, -0.2) is 28.5 Å². The molecule has 1 heterocycles. The van der Waals surface area contributed by atoms with Gasteiger partial charge in [0.2, 0.25) is 0 Å². The van der Waals surface area contributed by atoms with Crippen molar-refractivity contribution >= 4 is 6.08 Å². The molecule has 0 saturated carbocycles. The van der Waals surface area contributed by atoms with Crippen LogP contribution in [0.25, 0.3) is 6.08 Å². The van der Waals surface area contributed by atoms with E-state index in [1.165, 1.54) is 11.1 Å². The number of nitrogens with one attached hydrogen (secondary N) is 1.